The van der Waals surface area contributed by atoms with Crippen LogP contribution in [0, 0.1) is 5.82 Å². The molecular weight excluding hydrogens is 311 g/mol. The molecule has 2 heterocycles. The van der Waals surface area contributed by atoms with E-state index in [0.717, 1.165) is 11.5 Å². The molecule has 0 atom stereocenters. The number of pyridine rings is 1. The Morgan fingerprint density at radius 1 is 1.17 bits per heavy atom. The molecule has 6 nitrogen and oxygen atoms in total. The first-order valence-electron chi connectivity index (χ1n) is 7.67. The van der Waals surface area contributed by atoms with E-state index in [9.17, 15) is 9.18 Å². The summed E-state index contributed by atoms with van der Waals surface area (Å²) in [5.41, 5.74) is 0.775. The van der Waals surface area contributed by atoms with E-state index >= 15 is 0 Å². The molecule has 0 fully saturated rings. The molecular formula is C17H17FN4O2. The molecule has 2 aromatic heterocycles. The lowest BCUT2D eigenvalue weighted by atomic mass is 10.3. The van der Waals surface area contributed by atoms with Crippen LogP contribution in [0.2, 0.25) is 0 Å². The zero-order chi connectivity index (χ0) is 16.8. The van der Waals surface area contributed by atoms with Crippen molar-refractivity contribution in [3.8, 4) is 5.75 Å². The zero-order valence-electron chi connectivity index (χ0n) is 13.0. The number of carbonyl (C=O) groups excluding carboxylic acids is 1. The zero-order valence-corrected chi connectivity index (χ0v) is 13.0. The van der Waals surface area contributed by atoms with Gasteiger partial charge in [-0.25, -0.2) is 4.39 Å². The molecule has 0 saturated carbocycles. The number of nitrogens with zero attached hydrogens (tertiary/aromatic N) is 3. The Morgan fingerprint density at radius 2 is 2.00 bits per heavy atom. The summed E-state index contributed by atoms with van der Waals surface area (Å²) in [5, 5.41) is 10.9. The largest absolute Gasteiger partial charge is 0.490 e. The van der Waals surface area contributed by atoms with E-state index in [0.29, 0.717) is 13.0 Å². The van der Waals surface area contributed by atoms with Crippen LogP contribution in [0.25, 0.3) is 5.65 Å². The van der Waals surface area contributed by atoms with Crippen molar-refractivity contribution in [2.24, 2.45) is 0 Å². The van der Waals surface area contributed by atoms with Gasteiger partial charge >= 0.3 is 0 Å². The molecule has 0 spiro atoms. The van der Waals surface area contributed by atoms with E-state index < -0.39 is 5.82 Å². The Labute approximate surface area is 138 Å². The van der Waals surface area contributed by atoms with Gasteiger partial charge in [0.2, 0.25) is 5.91 Å². The number of hydrogen-bond acceptors (Lipinski definition) is 4. The van der Waals surface area contributed by atoms with Gasteiger partial charge in [0.25, 0.3) is 0 Å². The van der Waals surface area contributed by atoms with E-state index in [-0.39, 0.29) is 24.7 Å². The van der Waals surface area contributed by atoms with Crippen LogP contribution in [-0.4, -0.2) is 33.7 Å². The number of benzene rings is 1. The maximum atomic E-state index is 13.4. The van der Waals surface area contributed by atoms with Crippen LogP contribution < -0.4 is 10.1 Å². The second-order valence-corrected chi connectivity index (χ2v) is 5.17. The number of nitrogens with one attached hydrogen (secondary N) is 1. The molecule has 7 heteroatoms. The summed E-state index contributed by atoms with van der Waals surface area (Å²) in [7, 11) is 0. The highest BCUT2D eigenvalue weighted by molar-refractivity contribution is 5.75. The smallest absolute Gasteiger partial charge is 0.223 e. The number of fused-ring (bicyclic) bond motifs is 1. The maximum Gasteiger partial charge on any atom is 0.223 e. The van der Waals surface area contributed by atoms with Crippen molar-refractivity contribution < 1.29 is 13.9 Å². The third-order valence-electron chi connectivity index (χ3n) is 3.48. The fourth-order valence-electron chi connectivity index (χ4n) is 2.28. The Morgan fingerprint density at radius 3 is 2.88 bits per heavy atom. The normalized spacial score (nSPS) is 10.7. The quantitative estimate of drug-likeness (QED) is 0.720. The average molecular weight is 328 g/mol. The molecule has 3 rings (SSSR count). The first-order chi connectivity index (χ1) is 11.7. The fraction of sp³-hybridized carbons (Fsp3) is 0.235. The predicted octanol–water partition coefficient (Wildman–Crippen LogP) is 2.00. The molecule has 1 N–H and O–H groups in total. The fourth-order valence-corrected chi connectivity index (χ4v) is 2.28. The minimum atomic E-state index is -0.434. The Balaban J connectivity index is 1.41. The van der Waals surface area contributed by atoms with E-state index in [1.165, 1.54) is 12.1 Å². The molecule has 0 aliphatic carbocycles. The van der Waals surface area contributed by atoms with Gasteiger partial charge in [-0.2, -0.15) is 0 Å². The van der Waals surface area contributed by atoms with Crippen LogP contribution in [0.4, 0.5) is 4.39 Å². The molecule has 1 aromatic carbocycles. The summed E-state index contributed by atoms with van der Waals surface area (Å²) >= 11 is 0. The van der Waals surface area contributed by atoms with E-state index in [1.807, 2.05) is 28.8 Å². The summed E-state index contributed by atoms with van der Waals surface area (Å²) in [5.74, 6) is 0.352. The van der Waals surface area contributed by atoms with Crippen molar-refractivity contribution >= 4 is 11.6 Å². The molecule has 0 bridgehead atoms. The highest BCUT2D eigenvalue weighted by Crippen LogP contribution is 2.15. The van der Waals surface area contributed by atoms with Gasteiger partial charge in [0, 0.05) is 19.2 Å². The highest BCUT2D eigenvalue weighted by Gasteiger charge is 2.07. The molecule has 124 valence electrons. The van der Waals surface area contributed by atoms with Crippen LogP contribution in [0.1, 0.15) is 12.2 Å². The standard InChI is InChI=1S/C17H17FN4O2/c18-13-5-1-2-6-14(13)24-12-9-17(23)19-10-8-16-21-20-15-7-3-4-11-22(15)16/h1-7,11H,8-10,12H2,(H,19,23). The van der Waals surface area contributed by atoms with Gasteiger partial charge in [-0.15, -0.1) is 10.2 Å². The number of hydrogen-bond donors (Lipinski definition) is 1. The van der Waals surface area contributed by atoms with Crippen LogP contribution >= 0.6 is 0 Å². The third kappa shape index (κ3) is 3.87. The molecule has 1 amide bonds. The number of amides is 1. The molecule has 0 unspecified atom stereocenters. The second-order valence-electron chi connectivity index (χ2n) is 5.17. The first kappa shape index (κ1) is 15.9. The topological polar surface area (TPSA) is 68.5 Å². The lowest BCUT2D eigenvalue weighted by Crippen LogP contribution is -2.27. The molecule has 0 aliphatic rings. The average Bonchev–Trinajstić information content (AvgIpc) is 3.00. The number of halogens is 1. The van der Waals surface area contributed by atoms with Gasteiger partial charge in [-0.05, 0) is 24.3 Å². The second kappa shape index (κ2) is 7.54. The van der Waals surface area contributed by atoms with Crippen molar-refractivity contribution in [3.05, 3.63) is 60.3 Å². The number of para-hydroxylation sites is 1. The third-order valence-corrected chi connectivity index (χ3v) is 3.48. The van der Waals surface area contributed by atoms with Gasteiger partial charge in [0.1, 0.15) is 5.82 Å². The van der Waals surface area contributed by atoms with Crippen molar-refractivity contribution in [1.82, 2.24) is 19.9 Å². The predicted molar refractivity (Wildman–Crippen MR) is 86.2 cm³/mol. The van der Waals surface area contributed by atoms with E-state index in [4.69, 9.17) is 4.74 Å². The lowest BCUT2D eigenvalue weighted by Gasteiger charge is -2.07. The van der Waals surface area contributed by atoms with Gasteiger partial charge in [-0.1, -0.05) is 18.2 Å². The minimum Gasteiger partial charge on any atom is -0.490 e. The first-order valence-corrected chi connectivity index (χ1v) is 7.67. The lowest BCUT2D eigenvalue weighted by molar-refractivity contribution is -0.121. The minimum absolute atomic E-state index is 0.126. The molecule has 0 aliphatic heterocycles. The summed E-state index contributed by atoms with van der Waals surface area (Å²) in [6.07, 6.45) is 2.62. The number of carbonyl (C=O) groups is 1. The number of aromatic nitrogens is 3. The Hall–Kier alpha value is -2.96. The van der Waals surface area contributed by atoms with Crippen LogP contribution in [0.15, 0.2) is 48.7 Å². The van der Waals surface area contributed by atoms with Crippen molar-refractivity contribution in [2.45, 2.75) is 12.8 Å². The summed E-state index contributed by atoms with van der Waals surface area (Å²) in [6, 6.07) is 11.8. The van der Waals surface area contributed by atoms with Crippen molar-refractivity contribution in [1.29, 1.82) is 0 Å². The van der Waals surface area contributed by atoms with Gasteiger partial charge in [0.05, 0.1) is 13.0 Å². The summed E-state index contributed by atoms with van der Waals surface area (Å²) in [4.78, 5) is 11.8. The van der Waals surface area contributed by atoms with Crippen molar-refractivity contribution in [3.63, 3.8) is 0 Å². The number of ether oxygens (including phenoxy) is 1. The molecule has 0 radical (unpaired) electrons. The van der Waals surface area contributed by atoms with Gasteiger partial charge in [-0.3, -0.25) is 9.20 Å². The molecule has 3 aromatic rings. The summed E-state index contributed by atoms with van der Waals surface area (Å²) < 4.78 is 20.5. The van der Waals surface area contributed by atoms with Crippen LogP contribution in [0.5, 0.6) is 5.75 Å². The van der Waals surface area contributed by atoms with Crippen molar-refractivity contribution in [2.75, 3.05) is 13.2 Å². The van der Waals surface area contributed by atoms with E-state index in [2.05, 4.69) is 15.5 Å². The summed E-state index contributed by atoms with van der Waals surface area (Å²) in [6.45, 7) is 0.578. The monoisotopic (exact) mass is 328 g/mol. The maximum absolute atomic E-state index is 13.4. The Bertz CT molecular complexity index is 834. The SMILES string of the molecule is O=C(CCOc1ccccc1F)NCCc1nnc2ccccn12. The van der Waals surface area contributed by atoms with Gasteiger partial charge in [0.15, 0.2) is 17.2 Å². The number of rotatable bonds is 7. The highest BCUT2D eigenvalue weighted by atomic mass is 19.1. The molecule has 0 saturated heterocycles. The molecule has 24 heavy (non-hydrogen) atoms. The van der Waals surface area contributed by atoms with Crippen LogP contribution in [-0.2, 0) is 11.2 Å². The van der Waals surface area contributed by atoms with E-state index in [1.54, 1.807) is 12.1 Å². The Kier molecular flexibility index (Phi) is 5.00. The van der Waals surface area contributed by atoms with Crippen LogP contribution in [0.3, 0.4) is 0 Å². The van der Waals surface area contributed by atoms with Gasteiger partial charge < -0.3 is 10.1 Å².